The Kier molecular flexibility index (Phi) is 4.50. The minimum atomic E-state index is -0.0433. The molecule has 2 atom stereocenters. The maximum Gasteiger partial charge on any atom is 0.129 e. The Morgan fingerprint density at radius 2 is 1.91 bits per heavy atom. The van der Waals surface area contributed by atoms with Crippen LogP contribution in [0.15, 0.2) is 40.8 Å². The highest BCUT2D eigenvalue weighted by molar-refractivity contribution is 5.29. The van der Waals surface area contributed by atoms with Crippen molar-refractivity contribution in [1.82, 2.24) is 4.90 Å². The smallest absolute Gasteiger partial charge is 0.129 e. The molecule has 0 spiro atoms. The molecule has 1 aliphatic rings. The number of methoxy groups -OCH3 is 1. The summed E-state index contributed by atoms with van der Waals surface area (Å²) in [6.07, 6.45) is 1.15. The Morgan fingerprint density at radius 1 is 1.18 bits per heavy atom. The van der Waals surface area contributed by atoms with Crippen molar-refractivity contribution in [3.63, 3.8) is 0 Å². The molecule has 0 saturated carbocycles. The lowest BCUT2D eigenvalue weighted by atomic mass is 10.0. The van der Waals surface area contributed by atoms with Crippen LogP contribution in [0.4, 0.5) is 0 Å². The molecule has 22 heavy (non-hydrogen) atoms. The predicted octanol–water partition coefficient (Wildman–Crippen LogP) is 3.36. The molecule has 0 bridgehead atoms. The average molecular weight is 301 g/mol. The van der Waals surface area contributed by atoms with Gasteiger partial charge in [0.05, 0.1) is 13.7 Å². The van der Waals surface area contributed by atoms with E-state index < -0.39 is 0 Å². The minimum absolute atomic E-state index is 0.0433. The number of ether oxygens (including phenoxy) is 1. The van der Waals surface area contributed by atoms with E-state index in [4.69, 9.17) is 14.3 Å². The molecule has 2 heterocycles. The summed E-state index contributed by atoms with van der Waals surface area (Å²) < 4.78 is 10.9. The standard InChI is InChI=1S/C18H23NO3/c1-13-9-18(14-3-5-15(21-2)6-4-14)19(10-13)11-16-7-8-17(12-20)22-16/h3-8,13,18,20H,9-12H2,1-2H3/t13-,18+/m1/s1. The van der Waals surface area contributed by atoms with Gasteiger partial charge in [-0.25, -0.2) is 0 Å². The zero-order valence-electron chi connectivity index (χ0n) is 13.2. The van der Waals surface area contributed by atoms with Gasteiger partial charge in [0.2, 0.25) is 0 Å². The number of rotatable bonds is 5. The van der Waals surface area contributed by atoms with Crippen molar-refractivity contribution < 1.29 is 14.3 Å². The topological polar surface area (TPSA) is 45.8 Å². The number of aliphatic hydroxyl groups is 1. The third-order valence-corrected chi connectivity index (χ3v) is 4.35. The third kappa shape index (κ3) is 3.18. The molecule has 0 aliphatic carbocycles. The summed E-state index contributed by atoms with van der Waals surface area (Å²) in [5.41, 5.74) is 1.32. The predicted molar refractivity (Wildman–Crippen MR) is 84.6 cm³/mol. The maximum atomic E-state index is 9.11. The number of furan rings is 1. The molecule has 1 saturated heterocycles. The summed E-state index contributed by atoms with van der Waals surface area (Å²) in [4.78, 5) is 2.45. The Morgan fingerprint density at radius 3 is 2.55 bits per heavy atom. The summed E-state index contributed by atoms with van der Waals surface area (Å²) in [6.45, 7) is 4.09. The van der Waals surface area contributed by atoms with Crippen LogP contribution in [-0.4, -0.2) is 23.7 Å². The summed E-state index contributed by atoms with van der Waals surface area (Å²) >= 11 is 0. The van der Waals surface area contributed by atoms with Crippen LogP contribution in [0.1, 0.15) is 36.5 Å². The van der Waals surface area contributed by atoms with Crippen molar-refractivity contribution in [1.29, 1.82) is 0 Å². The van der Waals surface area contributed by atoms with Crippen LogP contribution in [0.3, 0.4) is 0 Å². The van der Waals surface area contributed by atoms with E-state index in [-0.39, 0.29) is 6.61 Å². The molecule has 0 radical (unpaired) electrons. The Hall–Kier alpha value is -1.78. The maximum absolute atomic E-state index is 9.11. The van der Waals surface area contributed by atoms with Gasteiger partial charge in [-0.3, -0.25) is 4.90 Å². The Bertz CT molecular complexity index is 605. The number of benzene rings is 1. The number of aliphatic hydroxyl groups excluding tert-OH is 1. The van der Waals surface area contributed by atoms with Gasteiger partial charge >= 0.3 is 0 Å². The van der Waals surface area contributed by atoms with E-state index in [0.29, 0.717) is 17.7 Å². The van der Waals surface area contributed by atoms with Gasteiger partial charge in [-0.15, -0.1) is 0 Å². The van der Waals surface area contributed by atoms with Crippen LogP contribution in [0.5, 0.6) is 5.75 Å². The van der Waals surface area contributed by atoms with Crippen LogP contribution >= 0.6 is 0 Å². The highest BCUT2D eigenvalue weighted by atomic mass is 16.5. The van der Waals surface area contributed by atoms with E-state index in [1.54, 1.807) is 7.11 Å². The van der Waals surface area contributed by atoms with E-state index in [9.17, 15) is 0 Å². The lowest BCUT2D eigenvalue weighted by Gasteiger charge is -2.24. The quantitative estimate of drug-likeness (QED) is 0.920. The van der Waals surface area contributed by atoms with E-state index in [1.165, 1.54) is 5.56 Å². The fourth-order valence-corrected chi connectivity index (χ4v) is 3.27. The van der Waals surface area contributed by atoms with Crippen LogP contribution in [0, 0.1) is 5.92 Å². The Labute approximate surface area is 131 Å². The monoisotopic (exact) mass is 301 g/mol. The highest BCUT2D eigenvalue weighted by Crippen LogP contribution is 2.37. The second-order valence-corrected chi connectivity index (χ2v) is 6.09. The van der Waals surface area contributed by atoms with Gasteiger partial charge in [-0.1, -0.05) is 19.1 Å². The summed E-state index contributed by atoms with van der Waals surface area (Å²) in [7, 11) is 1.69. The molecule has 0 amide bonds. The van der Waals surface area contributed by atoms with Gasteiger partial charge < -0.3 is 14.3 Å². The molecule has 4 heteroatoms. The molecule has 2 aromatic rings. The van der Waals surface area contributed by atoms with Crippen LogP contribution in [-0.2, 0) is 13.2 Å². The van der Waals surface area contributed by atoms with E-state index in [1.807, 2.05) is 24.3 Å². The molecule has 118 valence electrons. The lowest BCUT2D eigenvalue weighted by molar-refractivity contribution is 0.208. The Balaban J connectivity index is 1.76. The van der Waals surface area contributed by atoms with Gasteiger partial charge in [0, 0.05) is 12.6 Å². The van der Waals surface area contributed by atoms with Gasteiger partial charge in [0.1, 0.15) is 23.9 Å². The van der Waals surface area contributed by atoms with Gasteiger partial charge in [-0.05, 0) is 42.2 Å². The molecule has 1 N–H and O–H groups in total. The number of nitrogens with zero attached hydrogens (tertiary/aromatic N) is 1. The zero-order valence-corrected chi connectivity index (χ0v) is 13.2. The van der Waals surface area contributed by atoms with Crippen LogP contribution < -0.4 is 4.74 Å². The fourth-order valence-electron chi connectivity index (χ4n) is 3.27. The third-order valence-electron chi connectivity index (χ3n) is 4.35. The molecule has 1 aromatic heterocycles. The molecule has 1 aromatic carbocycles. The first-order chi connectivity index (χ1) is 10.7. The SMILES string of the molecule is COc1ccc([C@@H]2C[C@@H](C)CN2Cc2ccc(CO)o2)cc1. The fraction of sp³-hybridized carbons (Fsp3) is 0.444. The van der Waals surface area contributed by atoms with Crippen LogP contribution in [0.2, 0.25) is 0 Å². The minimum Gasteiger partial charge on any atom is -0.497 e. The average Bonchev–Trinajstić information content (AvgIpc) is 3.14. The van der Waals surface area contributed by atoms with Crippen molar-refractivity contribution in [2.24, 2.45) is 5.92 Å². The summed E-state index contributed by atoms with van der Waals surface area (Å²) in [5.74, 6) is 3.10. The number of hydrogen-bond acceptors (Lipinski definition) is 4. The van der Waals surface area contributed by atoms with E-state index in [2.05, 4.69) is 24.0 Å². The van der Waals surface area contributed by atoms with Crippen molar-refractivity contribution in [2.45, 2.75) is 32.5 Å². The normalized spacial score (nSPS) is 22.1. The van der Waals surface area contributed by atoms with Crippen molar-refractivity contribution >= 4 is 0 Å². The lowest BCUT2D eigenvalue weighted by Crippen LogP contribution is -2.23. The number of likely N-dealkylation sites (tertiary alicyclic amines) is 1. The highest BCUT2D eigenvalue weighted by Gasteiger charge is 2.31. The van der Waals surface area contributed by atoms with Crippen molar-refractivity contribution in [3.05, 3.63) is 53.5 Å². The zero-order chi connectivity index (χ0) is 15.5. The molecule has 1 aliphatic heterocycles. The first kappa shape index (κ1) is 15.1. The molecule has 3 rings (SSSR count). The van der Waals surface area contributed by atoms with E-state index in [0.717, 1.165) is 31.0 Å². The molecule has 0 unspecified atom stereocenters. The number of hydrogen-bond donors (Lipinski definition) is 1. The first-order valence-corrected chi connectivity index (χ1v) is 7.76. The van der Waals surface area contributed by atoms with Gasteiger partial charge in [0.25, 0.3) is 0 Å². The van der Waals surface area contributed by atoms with E-state index >= 15 is 0 Å². The summed E-state index contributed by atoms with van der Waals surface area (Å²) in [6, 6.07) is 12.5. The molecular weight excluding hydrogens is 278 g/mol. The van der Waals surface area contributed by atoms with Gasteiger partial charge in [0.15, 0.2) is 0 Å². The van der Waals surface area contributed by atoms with Crippen LogP contribution in [0.25, 0.3) is 0 Å². The molecular formula is C18H23NO3. The second kappa shape index (κ2) is 6.55. The van der Waals surface area contributed by atoms with Crippen molar-refractivity contribution in [3.8, 4) is 5.75 Å². The largest absolute Gasteiger partial charge is 0.497 e. The van der Waals surface area contributed by atoms with Crippen molar-refractivity contribution in [2.75, 3.05) is 13.7 Å². The molecule has 4 nitrogen and oxygen atoms in total. The second-order valence-electron chi connectivity index (χ2n) is 6.09. The summed E-state index contributed by atoms with van der Waals surface area (Å²) in [5, 5.41) is 9.11. The molecule has 1 fully saturated rings. The van der Waals surface area contributed by atoms with Gasteiger partial charge in [-0.2, -0.15) is 0 Å². The first-order valence-electron chi connectivity index (χ1n) is 7.76.